The van der Waals surface area contributed by atoms with Gasteiger partial charge in [-0.15, -0.1) is 0 Å². The molecule has 0 aliphatic rings. The van der Waals surface area contributed by atoms with Crippen LogP contribution in [0.15, 0.2) is 34.8 Å². The van der Waals surface area contributed by atoms with Crippen LogP contribution >= 0.6 is 39.1 Å². The van der Waals surface area contributed by atoms with Crippen molar-refractivity contribution in [3.63, 3.8) is 0 Å². The van der Waals surface area contributed by atoms with Gasteiger partial charge in [0.2, 0.25) is 0 Å². The second-order valence-corrected chi connectivity index (χ2v) is 6.06. The molecule has 2 nitrogen and oxygen atoms in total. The molecule has 0 radical (unpaired) electrons. The summed E-state index contributed by atoms with van der Waals surface area (Å²) in [6.07, 6.45) is 0. The third-order valence-corrected chi connectivity index (χ3v) is 4.22. The summed E-state index contributed by atoms with van der Waals surface area (Å²) in [5.74, 6) is 0.169. The molecule has 0 aromatic heterocycles. The van der Waals surface area contributed by atoms with E-state index in [0.717, 1.165) is 5.56 Å². The summed E-state index contributed by atoms with van der Waals surface area (Å²) in [6.45, 7) is 2.35. The van der Waals surface area contributed by atoms with Crippen LogP contribution in [0.4, 0.5) is 4.39 Å². The lowest BCUT2D eigenvalue weighted by Crippen LogP contribution is -2.13. The first-order chi connectivity index (χ1) is 9.93. The van der Waals surface area contributed by atoms with Gasteiger partial charge >= 0.3 is 0 Å². The molecule has 0 saturated carbocycles. The fraction of sp³-hybridized carbons (Fsp3) is 0.200. The highest BCUT2D eigenvalue weighted by atomic mass is 79.9. The van der Waals surface area contributed by atoms with E-state index in [4.69, 9.17) is 33.7 Å². The van der Waals surface area contributed by atoms with Crippen molar-refractivity contribution in [2.24, 2.45) is 5.73 Å². The van der Waals surface area contributed by atoms with Gasteiger partial charge in [-0.25, -0.2) is 4.39 Å². The van der Waals surface area contributed by atoms with Crippen molar-refractivity contribution in [3.05, 3.63) is 61.8 Å². The largest absolute Gasteiger partial charge is 0.492 e. The predicted octanol–water partition coefficient (Wildman–Crippen LogP) is 5.34. The van der Waals surface area contributed by atoms with Crippen LogP contribution in [0.25, 0.3) is 0 Å². The van der Waals surface area contributed by atoms with Crippen molar-refractivity contribution in [2.75, 3.05) is 6.61 Å². The van der Waals surface area contributed by atoms with Gasteiger partial charge in [-0.3, -0.25) is 0 Å². The van der Waals surface area contributed by atoms with Gasteiger partial charge in [0, 0.05) is 11.1 Å². The molecular formula is C15H13BrCl2FNO. The molecule has 0 spiro atoms. The fourth-order valence-electron chi connectivity index (χ4n) is 1.93. The molecule has 0 saturated heterocycles. The maximum atomic E-state index is 13.3. The van der Waals surface area contributed by atoms with Crippen LogP contribution in [0, 0.1) is 5.82 Å². The third-order valence-electron chi connectivity index (χ3n) is 2.99. The van der Waals surface area contributed by atoms with E-state index in [9.17, 15) is 4.39 Å². The topological polar surface area (TPSA) is 35.2 Å². The molecule has 2 aromatic carbocycles. The van der Waals surface area contributed by atoms with Crippen molar-refractivity contribution in [3.8, 4) is 5.75 Å². The number of hydrogen-bond acceptors (Lipinski definition) is 2. The second kappa shape index (κ2) is 6.97. The first-order valence-electron chi connectivity index (χ1n) is 6.26. The van der Waals surface area contributed by atoms with E-state index in [-0.39, 0.29) is 5.82 Å². The van der Waals surface area contributed by atoms with Crippen molar-refractivity contribution in [1.82, 2.24) is 0 Å². The molecule has 2 N–H and O–H groups in total. The third kappa shape index (κ3) is 3.69. The lowest BCUT2D eigenvalue weighted by molar-refractivity contribution is 0.340. The molecule has 0 heterocycles. The van der Waals surface area contributed by atoms with Crippen molar-refractivity contribution < 1.29 is 9.13 Å². The molecule has 6 heteroatoms. The summed E-state index contributed by atoms with van der Waals surface area (Å²) >= 11 is 15.6. The molecular weight excluding hydrogens is 380 g/mol. The Kier molecular flexibility index (Phi) is 5.49. The number of benzene rings is 2. The molecule has 1 atom stereocenters. The average molecular weight is 393 g/mol. The molecule has 21 heavy (non-hydrogen) atoms. The zero-order valence-electron chi connectivity index (χ0n) is 11.2. The maximum absolute atomic E-state index is 13.3. The number of nitrogens with two attached hydrogens (primary N) is 1. The van der Waals surface area contributed by atoms with E-state index in [1.807, 2.05) is 6.92 Å². The van der Waals surface area contributed by atoms with Gasteiger partial charge in [0.15, 0.2) is 0 Å². The minimum atomic E-state index is -0.512. The van der Waals surface area contributed by atoms with E-state index < -0.39 is 6.04 Å². The number of rotatable bonds is 4. The number of hydrogen-bond donors (Lipinski definition) is 1. The smallest absolute Gasteiger partial charge is 0.139 e. The predicted molar refractivity (Wildman–Crippen MR) is 87.8 cm³/mol. The van der Waals surface area contributed by atoms with E-state index in [1.165, 1.54) is 6.07 Å². The zero-order chi connectivity index (χ0) is 15.6. The van der Waals surface area contributed by atoms with Crippen LogP contribution in [-0.2, 0) is 0 Å². The van der Waals surface area contributed by atoms with Gasteiger partial charge in [0.25, 0.3) is 0 Å². The Balaban J connectivity index is 2.40. The van der Waals surface area contributed by atoms with Crippen LogP contribution in [-0.4, -0.2) is 6.61 Å². The van der Waals surface area contributed by atoms with E-state index in [2.05, 4.69) is 15.9 Å². The Morgan fingerprint density at radius 3 is 2.57 bits per heavy atom. The van der Waals surface area contributed by atoms with Crippen LogP contribution in [0.2, 0.25) is 10.0 Å². The van der Waals surface area contributed by atoms with E-state index in [0.29, 0.717) is 32.4 Å². The van der Waals surface area contributed by atoms with E-state index >= 15 is 0 Å². The number of halogens is 4. The van der Waals surface area contributed by atoms with Crippen molar-refractivity contribution in [1.29, 1.82) is 0 Å². The summed E-state index contributed by atoms with van der Waals surface area (Å²) in [6, 6.07) is 7.40. The normalized spacial score (nSPS) is 12.3. The highest BCUT2D eigenvalue weighted by Crippen LogP contribution is 2.36. The molecule has 0 aliphatic carbocycles. The highest BCUT2D eigenvalue weighted by molar-refractivity contribution is 9.10. The van der Waals surface area contributed by atoms with Gasteiger partial charge in [-0.1, -0.05) is 29.3 Å². The lowest BCUT2D eigenvalue weighted by Gasteiger charge is -2.17. The fourth-order valence-corrected chi connectivity index (χ4v) is 2.83. The van der Waals surface area contributed by atoms with Crippen molar-refractivity contribution >= 4 is 39.1 Å². The highest BCUT2D eigenvalue weighted by Gasteiger charge is 2.17. The summed E-state index contributed by atoms with van der Waals surface area (Å²) < 4.78 is 19.0. The Morgan fingerprint density at radius 2 is 1.95 bits per heavy atom. The van der Waals surface area contributed by atoms with E-state index in [1.54, 1.807) is 24.3 Å². The van der Waals surface area contributed by atoms with Crippen LogP contribution in [0.1, 0.15) is 24.1 Å². The summed E-state index contributed by atoms with van der Waals surface area (Å²) in [7, 11) is 0. The molecule has 1 unspecified atom stereocenters. The molecule has 0 bridgehead atoms. The Labute approximate surface area is 141 Å². The first-order valence-corrected chi connectivity index (χ1v) is 7.81. The quantitative estimate of drug-likeness (QED) is 0.761. The Bertz CT molecular complexity index is 666. The van der Waals surface area contributed by atoms with Crippen molar-refractivity contribution in [2.45, 2.75) is 13.0 Å². The molecule has 0 amide bonds. The first kappa shape index (κ1) is 16.6. The summed E-state index contributed by atoms with van der Waals surface area (Å²) in [5, 5.41) is 0.892. The van der Waals surface area contributed by atoms with Crippen LogP contribution < -0.4 is 10.5 Å². The van der Waals surface area contributed by atoms with Gasteiger partial charge in [-0.05, 0) is 52.2 Å². The van der Waals surface area contributed by atoms with Crippen LogP contribution in [0.3, 0.4) is 0 Å². The average Bonchev–Trinajstić information content (AvgIpc) is 2.45. The lowest BCUT2D eigenvalue weighted by atomic mass is 9.99. The minimum Gasteiger partial charge on any atom is -0.492 e. The van der Waals surface area contributed by atoms with Crippen LogP contribution in [0.5, 0.6) is 5.75 Å². The molecule has 0 fully saturated rings. The van der Waals surface area contributed by atoms with Gasteiger partial charge in [-0.2, -0.15) is 0 Å². The second-order valence-electron chi connectivity index (χ2n) is 4.39. The molecule has 0 aliphatic heterocycles. The summed E-state index contributed by atoms with van der Waals surface area (Å²) in [5.41, 5.74) is 7.59. The standard InChI is InChI=1S/C15H13BrCl2FNO/c1-2-21-14-7-11(17)9(6-12(14)18)15(20)8-3-4-13(19)10(16)5-8/h3-7,15H,2,20H2,1H3. The zero-order valence-corrected chi connectivity index (χ0v) is 14.3. The van der Waals surface area contributed by atoms with Gasteiger partial charge < -0.3 is 10.5 Å². The Morgan fingerprint density at radius 1 is 1.24 bits per heavy atom. The summed E-state index contributed by atoms with van der Waals surface area (Å²) in [4.78, 5) is 0. The van der Waals surface area contributed by atoms with Gasteiger partial charge in [0.1, 0.15) is 11.6 Å². The maximum Gasteiger partial charge on any atom is 0.139 e. The Hall–Kier alpha value is -0.810. The number of ether oxygens (including phenoxy) is 1. The molecule has 112 valence electrons. The SMILES string of the molecule is CCOc1cc(Cl)c(C(N)c2ccc(F)c(Br)c2)cc1Cl. The monoisotopic (exact) mass is 391 g/mol. The minimum absolute atomic E-state index is 0.346. The van der Waals surface area contributed by atoms with Gasteiger partial charge in [0.05, 0.1) is 22.1 Å². The molecule has 2 rings (SSSR count). The molecule has 2 aromatic rings.